The van der Waals surface area contributed by atoms with Gasteiger partial charge in [0.2, 0.25) is 5.91 Å². The Morgan fingerprint density at radius 1 is 1.34 bits per heavy atom. The molecule has 1 amide bonds. The van der Waals surface area contributed by atoms with Crippen molar-refractivity contribution in [2.24, 2.45) is 0 Å². The van der Waals surface area contributed by atoms with Crippen molar-refractivity contribution in [1.82, 2.24) is 20.2 Å². The zero-order valence-corrected chi connectivity index (χ0v) is 17.3. The van der Waals surface area contributed by atoms with Gasteiger partial charge in [0.05, 0.1) is 16.8 Å². The number of nitrogens with one attached hydrogen (secondary N) is 2. The number of fused-ring (bicyclic) bond motifs is 1. The molecule has 1 aliphatic heterocycles. The molecule has 1 saturated heterocycles. The number of likely N-dealkylation sites (tertiary alicyclic amines) is 1. The number of carbonyl (C=O) groups is 1. The molecule has 29 heavy (non-hydrogen) atoms. The van der Waals surface area contributed by atoms with Crippen LogP contribution in [0.2, 0.25) is 0 Å². The highest BCUT2D eigenvalue weighted by Crippen LogP contribution is 2.21. The normalized spacial score (nSPS) is 17.5. The van der Waals surface area contributed by atoms with Crippen molar-refractivity contribution in [3.63, 3.8) is 0 Å². The fourth-order valence-electron chi connectivity index (χ4n) is 3.76. The molecule has 5 nitrogen and oxygen atoms in total. The molecule has 1 aromatic heterocycles. The predicted molar refractivity (Wildman–Crippen MR) is 114 cm³/mol. The van der Waals surface area contributed by atoms with Gasteiger partial charge < -0.3 is 10.3 Å². The van der Waals surface area contributed by atoms with Crippen LogP contribution in [0.15, 0.2) is 47.6 Å². The summed E-state index contributed by atoms with van der Waals surface area (Å²) in [6, 6.07) is 13.0. The maximum Gasteiger partial charge on any atom is 0.230 e. The molecule has 1 aliphatic rings. The van der Waals surface area contributed by atoms with E-state index in [9.17, 15) is 9.18 Å². The van der Waals surface area contributed by atoms with Gasteiger partial charge in [-0.15, -0.1) is 0 Å². The molecule has 2 aromatic carbocycles. The van der Waals surface area contributed by atoms with Gasteiger partial charge in [-0.05, 0) is 50.1 Å². The second-order valence-electron chi connectivity index (χ2n) is 7.58. The lowest BCUT2D eigenvalue weighted by molar-refractivity contribution is -0.119. The predicted octanol–water partition coefficient (Wildman–Crippen LogP) is 3.88. The maximum atomic E-state index is 13.9. The number of amides is 1. The molecule has 1 fully saturated rings. The number of nitrogens with zero attached hydrogens (tertiary/aromatic N) is 2. The van der Waals surface area contributed by atoms with Crippen LogP contribution in [0, 0.1) is 12.7 Å². The Labute approximate surface area is 174 Å². The average Bonchev–Trinajstić information content (AvgIpc) is 3.10. The Bertz CT molecular complexity index is 1010. The van der Waals surface area contributed by atoms with Crippen LogP contribution in [0.5, 0.6) is 0 Å². The van der Waals surface area contributed by atoms with E-state index < -0.39 is 0 Å². The molecule has 152 valence electrons. The number of aromatic nitrogens is 2. The van der Waals surface area contributed by atoms with Crippen LogP contribution in [0.3, 0.4) is 0 Å². The zero-order chi connectivity index (χ0) is 20.2. The Hall–Kier alpha value is -2.38. The number of aryl methyl sites for hydroxylation is 1. The summed E-state index contributed by atoms with van der Waals surface area (Å²) < 4.78 is 13.9. The second kappa shape index (κ2) is 8.97. The molecule has 3 aromatic rings. The highest BCUT2D eigenvalue weighted by molar-refractivity contribution is 7.99. The Kier molecular flexibility index (Phi) is 6.16. The van der Waals surface area contributed by atoms with Gasteiger partial charge in [-0.2, -0.15) is 0 Å². The third-order valence-corrected chi connectivity index (χ3v) is 6.05. The monoisotopic (exact) mass is 412 g/mol. The van der Waals surface area contributed by atoms with E-state index in [1.54, 1.807) is 6.07 Å². The largest absolute Gasteiger partial charge is 0.351 e. The molecule has 1 atom stereocenters. The van der Waals surface area contributed by atoms with Crippen molar-refractivity contribution in [2.75, 3.05) is 18.8 Å². The smallest absolute Gasteiger partial charge is 0.230 e. The molecule has 4 rings (SSSR count). The lowest BCUT2D eigenvalue weighted by Gasteiger charge is -2.33. The van der Waals surface area contributed by atoms with E-state index >= 15 is 0 Å². The fourth-order valence-corrected chi connectivity index (χ4v) is 4.45. The first kappa shape index (κ1) is 19.9. The van der Waals surface area contributed by atoms with Gasteiger partial charge in [0.1, 0.15) is 5.82 Å². The molecular weight excluding hydrogens is 387 g/mol. The lowest BCUT2D eigenvalue weighted by Crippen LogP contribution is -2.47. The van der Waals surface area contributed by atoms with Gasteiger partial charge in [0, 0.05) is 24.7 Å². The van der Waals surface area contributed by atoms with Crippen LogP contribution in [0.25, 0.3) is 11.0 Å². The van der Waals surface area contributed by atoms with Crippen LogP contribution in [0.4, 0.5) is 4.39 Å². The molecule has 0 spiro atoms. The number of hydrogen-bond acceptors (Lipinski definition) is 4. The third kappa shape index (κ3) is 5.16. The van der Waals surface area contributed by atoms with Gasteiger partial charge in [-0.1, -0.05) is 36.0 Å². The number of halogens is 1. The summed E-state index contributed by atoms with van der Waals surface area (Å²) in [5, 5.41) is 3.88. The van der Waals surface area contributed by atoms with Crippen LogP contribution in [-0.4, -0.2) is 45.7 Å². The SMILES string of the molecule is Cc1ccc2nc(SCC(=O)N[C@@H]3CCCN(Cc4ccccc4F)C3)[nH]c2c1. The summed E-state index contributed by atoms with van der Waals surface area (Å²) in [4.78, 5) is 22.4. The zero-order valence-electron chi connectivity index (χ0n) is 16.5. The first-order valence-electron chi connectivity index (χ1n) is 9.91. The van der Waals surface area contributed by atoms with Crippen LogP contribution < -0.4 is 5.32 Å². The molecule has 7 heteroatoms. The Morgan fingerprint density at radius 3 is 3.07 bits per heavy atom. The molecular formula is C22H25FN4OS. The number of thioether (sulfide) groups is 1. The summed E-state index contributed by atoms with van der Waals surface area (Å²) in [6.07, 6.45) is 1.95. The molecule has 0 radical (unpaired) electrons. The van der Waals surface area contributed by atoms with Crippen LogP contribution >= 0.6 is 11.8 Å². The number of benzene rings is 2. The number of carbonyl (C=O) groups excluding carboxylic acids is 1. The molecule has 0 unspecified atom stereocenters. The topological polar surface area (TPSA) is 61.0 Å². The summed E-state index contributed by atoms with van der Waals surface area (Å²) in [5.41, 5.74) is 3.78. The van der Waals surface area contributed by atoms with Crippen molar-refractivity contribution in [3.8, 4) is 0 Å². The number of imidazole rings is 1. The number of rotatable bonds is 6. The molecule has 0 aliphatic carbocycles. The summed E-state index contributed by atoms with van der Waals surface area (Å²) >= 11 is 1.41. The fraction of sp³-hybridized carbons (Fsp3) is 0.364. The van der Waals surface area contributed by atoms with Crippen LogP contribution in [-0.2, 0) is 11.3 Å². The first-order chi connectivity index (χ1) is 14.1. The van der Waals surface area contributed by atoms with Gasteiger partial charge in [0.15, 0.2) is 5.16 Å². The molecule has 2 N–H and O–H groups in total. The van der Waals surface area contributed by atoms with Crippen molar-refractivity contribution < 1.29 is 9.18 Å². The van der Waals surface area contributed by atoms with Crippen molar-refractivity contribution in [2.45, 2.75) is 37.5 Å². The summed E-state index contributed by atoms with van der Waals surface area (Å²) in [7, 11) is 0. The van der Waals surface area contributed by atoms with Gasteiger partial charge in [-0.3, -0.25) is 9.69 Å². The number of hydrogen-bond donors (Lipinski definition) is 2. The van der Waals surface area contributed by atoms with E-state index in [2.05, 4.69) is 26.3 Å². The van der Waals surface area contributed by atoms with E-state index in [0.29, 0.717) is 17.9 Å². The Balaban J connectivity index is 1.28. The van der Waals surface area contributed by atoms with Crippen molar-refractivity contribution in [3.05, 3.63) is 59.4 Å². The number of aromatic amines is 1. The lowest BCUT2D eigenvalue weighted by atomic mass is 10.0. The molecule has 2 heterocycles. The van der Waals surface area contributed by atoms with Gasteiger partial charge in [0.25, 0.3) is 0 Å². The van der Waals surface area contributed by atoms with E-state index in [4.69, 9.17) is 0 Å². The first-order valence-corrected chi connectivity index (χ1v) is 10.9. The maximum absolute atomic E-state index is 13.9. The average molecular weight is 413 g/mol. The molecule has 0 bridgehead atoms. The third-order valence-electron chi connectivity index (χ3n) is 5.18. The number of piperidine rings is 1. The Morgan fingerprint density at radius 2 is 2.21 bits per heavy atom. The van der Waals surface area contributed by atoms with Gasteiger partial charge in [-0.25, -0.2) is 9.37 Å². The highest BCUT2D eigenvalue weighted by Gasteiger charge is 2.22. The minimum absolute atomic E-state index is 0.00405. The van der Waals surface area contributed by atoms with E-state index in [0.717, 1.165) is 42.1 Å². The number of H-pyrrole nitrogens is 1. The second-order valence-corrected chi connectivity index (χ2v) is 8.55. The van der Waals surface area contributed by atoms with Crippen molar-refractivity contribution >= 4 is 28.7 Å². The van der Waals surface area contributed by atoms with Crippen LogP contribution in [0.1, 0.15) is 24.0 Å². The highest BCUT2D eigenvalue weighted by atomic mass is 32.2. The molecule has 0 saturated carbocycles. The van der Waals surface area contributed by atoms with E-state index in [1.807, 2.05) is 31.2 Å². The minimum atomic E-state index is -0.170. The van der Waals surface area contributed by atoms with Gasteiger partial charge >= 0.3 is 0 Å². The van der Waals surface area contributed by atoms with E-state index in [1.165, 1.54) is 23.4 Å². The summed E-state index contributed by atoms with van der Waals surface area (Å²) in [6.45, 7) is 4.29. The minimum Gasteiger partial charge on any atom is -0.351 e. The van der Waals surface area contributed by atoms with Crippen molar-refractivity contribution in [1.29, 1.82) is 0 Å². The quantitative estimate of drug-likeness (QED) is 0.603. The standard InChI is InChI=1S/C22H25FN4OS/c1-15-8-9-19-20(11-15)26-22(25-19)29-14-21(28)24-17-6-4-10-27(13-17)12-16-5-2-3-7-18(16)23/h2-3,5,7-9,11,17H,4,6,10,12-14H2,1H3,(H,24,28)(H,25,26)/t17-/m1/s1. The van der Waals surface area contributed by atoms with E-state index in [-0.39, 0.29) is 17.8 Å². The summed E-state index contributed by atoms with van der Waals surface area (Å²) in [5.74, 6) is 0.156.